The minimum absolute atomic E-state index is 0.598. The van der Waals surface area contributed by atoms with E-state index in [0.717, 1.165) is 12.3 Å². The van der Waals surface area contributed by atoms with Gasteiger partial charge in [0.15, 0.2) is 0 Å². The molecule has 10 heavy (non-hydrogen) atoms. The van der Waals surface area contributed by atoms with Gasteiger partial charge in [0.1, 0.15) is 5.82 Å². The van der Waals surface area contributed by atoms with Crippen molar-refractivity contribution in [2.75, 3.05) is 17.7 Å². The molecule has 0 spiro atoms. The molecule has 4 heteroatoms. The van der Waals surface area contributed by atoms with E-state index in [4.69, 9.17) is 5.73 Å². The molecule has 1 aromatic heterocycles. The quantitative estimate of drug-likeness (QED) is 0.706. The van der Waals surface area contributed by atoms with Crippen LogP contribution in [0.25, 0.3) is 0 Å². The van der Waals surface area contributed by atoms with Gasteiger partial charge in [0.25, 0.3) is 0 Å². The molecule has 0 amide bonds. The van der Waals surface area contributed by atoms with E-state index in [1.807, 2.05) is 10.9 Å². The van der Waals surface area contributed by atoms with E-state index < -0.39 is 0 Å². The molecular weight excluding hydrogens is 146 g/mol. The van der Waals surface area contributed by atoms with Crippen LogP contribution in [0, 0.1) is 0 Å². The Hall–Kier alpha value is -0.640. The number of aryl methyl sites for hydroxylation is 1. The zero-order valence-corrected chi connectivity index (χ0v) is 6.77. The Kier molecular flexibility index (Phi) is 2.62. The van der Waals surface area contributed by atoms with Crippen molar-refractivity contribution in [1.82, 2.24) is 9.78 Å². The lowest BCUT2D eigenvalue weighted by Gasteiger charge is -1.96. The number of hydrogen-bond acceptors (Lipinski definition) is 3. The molecule has 0 atom stereocenters. The highest BCUT2D eigenvalue weighted by Gasteiger charge is 1.91. The van der Waals surface area contributed by atoms with Crippen LogP contribution in [-0.4, -0.2) is 21.8 Å². The van der Waals surface area contributed by atoms with Crippen LogP contribution in [0.5, 0.6) is 0 Å². The number of rotatable bonds is 3. The van der Waals surface area contributed by atoms with E-state index in [0.29, 0.717) is 5.82 Å². The maximum absolute atomic E-state index is 5.41. The second-order valence-corrected chi connectivity index (χ2v) is 2.98. The number of thioether (sulfide) groups is 1. The van der Waals surface area contributed by atoms with Crippen LogP contribution in [0.15, 0.2) is 12.3 Å². The number of aromatic nitrogens is 2. The Morgan fingerprint density at radius 3 is 3.10 bits per heavy atom. The summed E-state index contributed by atoms with van der Waals surface area (Å²) in [6.07, 6.45) is 3.97. The van der Waals surface area contributed by atoms with Crippen molar-refractivity contribution in [3.8, 4) is 0 Å². The Bertz CT molecular complexity index is 197. The fourth-order valence-corrected chi connectivity index (χ4v) is 1.06. The summed E-state index contributed by atoms with van der Waals surface area (Å²) >= 11 is 1.80. The molecule has 1 aromatic rings. The zero-order chi connectivity index (χ0) is 7.40. The van der Waals surface area contributed by atoms with Crippen molar-refractivity contribution in [2.24, 2.45) is 0 Å². The van der Waals surface area contributed by atoms with E-state index in [2.05, 4.69) is 11.4 Å². The van der Waals surface area contributed by atoms with E-state index in [1.165, 1.54) is 0 Å². The van der Waals surface area contributed by atoms with Gasteiger partial charge in [-0.3, -0.25) is 4.68 Å². The van der Waals surface area contributed by atoms with Crippen molar-refractivity contribution in [3.63, 3.8) is 0 Å². The topological polar surface area (TPSA) is 43.8 Å². The van der Waals surface area contributed by atoms with Crippen molar-refractivity contribution in [2.45, 2.75) is 6.54 Å². The van der Waals surface area contributed by atoms with Crippen LogP contribution in [0.2, 0.25) is 0 Å². The molecule has 0 aromatic carbocycles. The fourth-order valence-electron chi connectivity index (χ4n) is 0.687. The van der Waals surface area contributed by atoms with Gasteiger partial charge >= 0.3 is 0 Å². The highest BCUT2D eigenvalue weighted by Crippen LogP contribution is 1.98. The maximum atomic E-state index is 5.41. The first-order chi connectivity index (χ1) is 4.83. The molecule has 0 aliphatic rings. The Morgan fingerprint density at radius 1 is 1.80 bits per heavy atom. The summed E-state index contributed by atoms with van der Waals surface area (Å²) in [5.74, 6) is 1.68. The summed E-state index contributed by atoms with van der Waals surface area (Å²) in [6, 6.07) is 1.81. The number of nitrogens with two attached hydrogens (primary N) is 1. The molecule has 0 aliphatic carbocycles. The second-order valence-electron chi connectivity index (χ2n) is 2.00. The van der Waals surface area contributed by atoms with Gasteiger partial charge in [0, 0.05) is 18.5 Å². The number of anilines is 1. The molecule has 3 nitrogen and oxygen atoms in total. The Balaban J connectivity index is 2.42. The lowest BCUT2D eigenvalue weighted by molar-refractivity contribution is 0.670. The van der Waals surface area contributed by atoms with E-state index in [9.17, 15) is 0 Å². The summed E-state index contributed by atoms with van der Waals surface area (Å²) in [5.41, 5.74) is 5.41. The molecule has 0 unspecified atom stereocenters. The van der Waals surface area contributed by atoms with Crippen molar-refractivity contribution in [3.05, 3.63) is 12.3 Å². The molecule has 0 radical (unpaired) electrons. The van der Waals surface area contributed by atoms with Crippen LogP contribution in [-0.2, 0) is 6.54 Å². The molecule has 0 fully saturated rings. The number of hydrogen-bond donors (Lipinski definition) is 1. The molecule has 0 bridgehead atoms. The first-order valence-electron chi connectivity index (χ1n) is 3.11. The van der Waals surface area contributed by atoms with Crippen LogP contribution < -0.4 is 5.73 Å². The smallest absolute Gasteiger partial charge is 0.145 e. The van der Waals surface area contributed by atoms with Crippen LogP contribution in [0.1, 0.15) is 0 Å². The SMILES string of the molecule is CSCCn1ccc(N)n1. The van der Waals surface area contributed by atoms with E-state index in [-0.39, 0.29) is 0 Å². The summed E-state index contributed by atoms with van der Waals surface area (Å²) in [6.45, 7) is 0.943. The van der Waals surface area contributed by atoms with Crippen LogP contribution in [0.3, 0.4) is 0 Å². The Morgan fingerprint density at radius 2 is 2.60 bits per heavy atom. The highest BCUT2D eigenvalue weighted by molar-refractivity contribution is 7.98. The monoisotopic (exact) mass is 157 g/mol. The lowest BCUT2D eigenvalue weighted by atomic mass is 10.7. The van der Waals surface area contributed by atoms with Gasteiger partial charge in [0.05, 0.1) is 0 Å². The Labute approximate surface area is 64.6 Å². The van der Waals surface area contributed by atoms with Crippen LogP contribution in [0.4, 0.5) is 5.82 Å². The van der Waals surface area contributed by atoms with Gasteiger partial charge in [-0.2, -0.15) is 16.9 Å². The highest BCUT2D eigenvalue weighted by atomic mass is 32.2. The first kappa shape index (κ1) is 7.47. The normalized spacial score (nSPS) is 10.1. The zero-order valence-electron chi connectivity index (χ0n) is 5.95. The van der Waals surface area contributed by atoms with Crippen molar-refractivity contribution >= 4 is 17.6 Å². The lowest BCUT2D eigenvalue weighted by Crippen LogP contribution is -2.01. The van der Waals surface area contributed by atoms with Gasteiger partial charge < -0.3 is 5.73 Å². The van der Waals surface area contributed by atoms with Crippen molar-refractivity contribution < 1.29 is 0 Å². The third kappa shape index (κ3) is 1.95. The molecule has 1 heterocycles. The standard InChI is InChI=1S/C6H11N3S/c1-10-5-4-9-3-2-6(7)8-9/h2-3H,4-5H2,1H3,(H2,7,8). The molecule has 1 rings (SSSR count). The predicted octanol–water partition coefficient (Wildman–Crippen LogP) is 0.828. The van der Waals surface area contributed by atoms with Crippen LogP contribution >= 0.6 is 11.8 Å². The maximum Gasteiger partial charge on any atom is 0.145 e. The minimum atomic E-state index is 0.598. The number of nitrogens with zero attached hydrogens (tertiary/aromatic N) is 2. The van der Waals surface area contributed by atoms with Gasteiger partial charge in [0.2, 0.25) is 0 Å². The third-order valence-electron chi connectivity index (χ3n) is 1.19. The molecule has 0 aliphatic heterocycles. The predicted molar refractivity (Wildman–Crippen MR) is 45.0 cm³/mol. The molecule has 0 saturated heterocycles. The summed E-state index contributed by atoms with van der Waals surface area (Å²) in [7, 11) is 0. The van der Waals surface area contributed by atoms with E-state index in [1.54, 1.807) is 17.8 Å². The van der Waals surface area contributed by atoms with Gasteiger partial charge in [-0.15, -0.1) is 0 Å². The van der Waals surface area contributed by atoms with E-state index >= 15 is 0 Å². The van der Waals surface area contributed by atoms with Gasteiger partial charge in [-0.05, 0) is 12.3 Å². The fraction of sp³-hybridized carbons (Fsp3) is 0.500. The number of nitrogen functional groups attached to an aromatic ring is 1. The minimum Gasteiger partial charge on any atom is -0.382 e. The molecule has 0 saturated carbocycles. The average Bonchev–Trinajstić information content (AvgIpc) is 2.31. The summed E-state index contributed by atoms with van der Waals surface area (Å²) in [4.78, 5) is 0. The van der Waals surface area contributed by atoms with Crippen molar-refractivity contribution in [1.29, 1.82) is 0 Å². The third-order valence-corrected chi connectivity index (χ3v) is 1.78. The largest absolute Gasteiger partial charge is 0.382 e. The average molecular weight is 157 g/mol. The molecule has 56 valence electrons. The summed E-state index contributed by atoms with van der Waals surface area (Å²) in [5, 5.41) is 4.03. The summed E-state index contributed by atoms with van der Waals surface area (Å²) < 4.78 is 1.85. The first-order valence-corrected chi connectivity index (χ1v) is 4.50. The second kappa shape index (κ2) is 3.51. The molecule has 2 N–H and O–H groups in total. The van der Waals surface area contributed by atoms with Gasteiger partial charge in [-0.1, -0.05) is 0 Å². The van der Waals surface area contributed by atoms with Gasteiger partial charge in [-0.25, -0.2) is 0 Å². The molecular formula is C6H11N3S.